The number of likely N-dealkylation sites (tertiary alicyclic amines) is 1. The number of methoxy groups -OCH3 is 1. The molecule has 30 heavy (non-hydrogen) atoms. The predicted molar refractivity (Wildman–Crippen MR) is 116 cm³/mol. The van der Waals surface area contributed by atoms with Gasteiger partial charge in [0.15, 0.2) is 0 Å². The first-order chi connectivity index (χ1) is 14.5. The van der Waals surface area contributed by atoms with E-state index >= 15 is 0 Å². The molecular weight excluding hydrogens is 404 g/mol. The lowest BCUT2D eigenvalue weighted by molar-refractivity contribution is -0.131. The minimum Gasteiger partial charge on any atom is -0.497 e. The van der Waals surface area contributed by atoms with Gasteiger partial charge in [0.1, 0.15) is 5.75 Å². The Morgan fingerprint density at radius 3 is 2.53 bits per heavy atom. The minimum atomic E-state index is -3.70. The van der Waals surface area contributed by atoms with Gasteiger partial charge in [-0.3, -0.25) is 9.69 Å². The van der Waals surface area contributed by atoms with Crippen molar-refractivity contribution in [2.75, 3.05) is 59.5 Å². The first-order valence-electron chi connectivity index (χ1n) is 10.8. The van der Waals surface area contributed by atoms with Gasteiger partial charge in [0, 0.05) is 51.7 Å². The molecule has 2 aliphatic rings. The van der Waals surface area contributed by atoms with Crippen LogP contribution in [0.5, 0.6) is 5.75 Å². The van der Waals surface area contributed by atoms with E-state index in [1.165, 1.54) is 4.31 Å². The number of piperazine rings is 1. The van der Waals surface area contributed by atoms with Crippen LogP contribution in [0.3, 0.4) is 0 Å². The maximum Gasteiger partial charge on any atom is 0.243 e. The first-order valence-corrected chi connectivity index (χ1v) is 12.3. The SMILES string of the molecule is CCN1CCC[C@H]1CN(CCC(=O)N1CCNCC1)S(=O)(=O)c1ccc(OC)cc1. The second kappa shape index (κ2) is 10.6. The van der Waals surface area contributed by atoms with Crippen molar-refractivity contribution in [2.45, 2.75) is 37.1 Å². The molecule has 3 rings (SSSR count). The molecule has 2 heterocycles. The molecule has 0 spiro atoms. The molecule has 2 aliphatic heterocycles. The number of amides is 1. The highest BCUT2D eigenvalue weighted by atomic mass is 32.2. The Morgan fingerprint density at radius 2 is 1.90 bits per heavy atom. The Bertz CT molecular complexity index is 794. The highest BCUT2D eigenvalue weighted by Crippen LogP contribution is 2.24. The van der Waals surface area contributed by atoms with Gasteiger partial charge in [-0.15, -0.1) is 0 Å². The zero-order chi connectivity index (χ0) is 21.6. The van der Waals surface area contributed by atoms with E-state index in [0.29, 0.717) is 25.4 Å². The molecule has 1 atom stereocenters. The number of likely N-dealkylation sites (N-methyl/N-ethyl adjacent to an activating group) is 1. The predicted octanol–water partition coefficient (Wildman–Crippen LogP) is 0.992. The van der Waals surface area contributed by atoms with Gasteiger partial charge < -0.3 is 15.0 Å². The number of carbonyl (C=O) groups is 1. The summed E-state index contributed by atoms with van der Waals surface area (Å²) >= 11 is 0. The molecule has 168 valence electrons. The lowest BCUT2D eigenvalue weighted by Gasteiger charge is -2.31. The average Bonchev–Trinajstić information content (AvgIpc) is 3.24. The van der Waals surface area contributed by atoms with Crippen LogP contribution in [0.1, 0.15) is 26.2 Å². The van der Waals surface area contributed by atoms with Crippen molar-refractivity contribution in [3.05, 3.63) is 24.3 Å². The Balaban J connectivity index is 1.76. The number of benzene rings is 1. The quantitative estimate of drug-likeness (QED) is 0.619. The van der Waals surface area contributed by atoms with Crippen LogP contribution >= 0.6 is 0 Å². The summed E-state index contributed by atoms with van der Waals surface area (Å²) in [6.45, 7) is 7.54. The number of carbonyl (C=O) groups excluding carboxylic acids is 1. The Kier molecular flexibility index (Phi) is 8.10. The normalized spacial score (nSPS) is 20.6. The largest absolute Gasteiger partial charge is 0.497 e. The summed E-state index contributed by atoms with van der Waals surface area (Å²) in [5.41, 5.74) is 0. The molecule has 1 amide bonds. The number of nitrogens with zero attached hydrogens (tertiary/aromatic N) is 3. The third-order valence-electron chi connectivity index (χ3n) is 6.06. The number of rotatable bonds is 9. The van der Waals surface area contributed by atoms with Crippen LogP contribution in [0, 0.1) is 0 Å². The molecule has 1 aromatic carbocycles. The fraction of sp³-hybridized carbons (Fsp3) is 0.667. The molecule has 2 saturated heterocycles. The fourth-order valence-corrected chi connectivity index (χ4v) is 5.73. The summed E-state index contributed by atoms with van der Waals surface area (Å²) in [7, 11) is -2.15. The Labute approximate surface area is 180 Å². The number of hydrogen-bond donors (Lipinski definition) is 1. The van der Waals surface area contributed by atoms with Gasteiger partial charge in [-0.1, -0.05) is 6.92 Å². The highest BCUT2D eigenvalue weighted by Gasteiger charge is 2.32. The van der Waals surface area contributed by atoms with E-state index in [-0.39, 0.29) is 29.8 Å². The van der Waals surface area contributed by atoms with E-state index in [1.54, 1.807) is 31.4 Å². The molecule has 0 radical (unpaired) electrons. The van der Waals surface area contributed by atoms with Crippen LogP contribution in [-0.2, 0) is 14.8 Å². The van der Waals surface area contributed by atoms with Crippen LogP contribution in [0.4, 0.5) is 0 Å². The maximum atomic E-state index is 13.4. The third kappa shape index (κ3) is 5.51. The summed E-state index contributed by atoms with van der Waals surface area (Å²) in [5, 5.41) is 3.23. The molecule has 0 unspecified atom stereocenters. The van der Waals surface area contributed by atoms with E-state index < -0.39 is 10.0 Å². The van der Waals surface area contributed by atoms with Crippen LogP contribution < -0.4 is 10.1 Å². The van der Waals surface area contributed by atoms with E-state index in [2.05, 4.69) is 17.1 Å². The van der Waals surface area contributed by atoms with Crippen molar-refractivity contribution < 1.29 is 17.9 Å². The lowest BCUT2D eigenvalue weighted by atomic mass is 10.2. The second-order valence-corrected chi connectivity index (χ2v) is 9.78. The van der Waals surface area contributed by atoms with Gasteiger partial charge in [-0.05, 0) is 50.2 Å². The number of sulfonamides is 1. The summed E-state index contributed by atoms with van der Waals surface area (Å²) in [5.74, 6) is 0.632. The van der Waals surface area contributed by atoms with Gasteiger partial charge in [-0.2, -0.15) is 4.31 Å². The molecular formula is C21H34N4O4S. The van der Waals surface area contributed by atoms with Crippen LogP contribution in [-0.4, -0.2) is 93.9 Å². The monoisotopic (exact) mass is 438 g/mol. The van der Waals surface area contributed by atoms with Gasteiger partial charge >= 0.3 is 0 Å². The van der Waals surface area contributed by atoms with E-state index in [0.717, 1.165) is 39.0 Å². The average molecular weight is 439 g/mol. The number of ether oxygens (including phenoxy) is 1. The summed E-state index contributed by atoms with van der Waals surface area (Å²) in [6.07, 6.45) is 2.26. The molecule has 9 heteroatoms. The topological polar surface area (TPSA) is 82.2 Å². The minimum absolute atomic E-state index is 0.0187. The molecule has 0 aliphatic carbocycles. The zero-order valence-corrected chi connectivity index (χ0v) is 18.9. The first kappa shape index (κ1) is 23.0. The Hall–Kier alpha value is -1.68. The van der Waals surface area contributed by atoms with Crippen molar-refractivity contribution in [3.63, 3.8) is 0 Å². The van der Waals surface area contributed by atoms with Gasteiger partial charge in [0.2, 0.25) is 15.9 Å². The molecule has 2 fully saturated rings. The molecule has 1 aromatic rings. The van der Waals surface area contributed by atoms with Crippen LogP contribution in [0.25, 0.3) is 0 Å². The smallest absolute Gasteiger partial charge is 0.243 e. The standard InChI is InChI=1S/C21H34N4O4S/c1-3-23-13-4-5-18(23)17-25(14-10-21(26)24-15-11-22-12-16-24)30(27,28)20-8-6-19(29-2)7-9-20/h6-9,18,22H,3-5,10-17H2,1-2H3/t18-/m0/s1. The fourth-order valence-electron chi connectivity index (χ4n) is 4.25. The van der Waals surface area contributed by atoms with Crippen LogP contribution in [0.15, 0.2) is 29.2 Å². The molecule has 8 nitrogen and oxygen atoms in total. The lowest BCUT2D eigenvalue weighted by Crippen LogP contribution is -2.48. The molecule has 0 aromatic heterocycles. The summed E-state index contributed by atoms with van der Waals surface area (Å²) in [6, 6.07) is 6.66. The van der Waals surface area contributed by atoms with Crippen molar-refractivity contribution in [1.29, 1.82) is 0 Å². The van der Waals surface area contributed by atoms with Gasteiger partial charge in [0.25, 0.3) is 0 Å². The molecule has 0 bridgehead atoms. The second-order valence-electron chi connectivity index (χ2n) is 7.84. The summed E-state index contributed by atoms with van der Waals surface area (Å²) < 4.78 is 33.5. The van der Waals surface area contributed by atoms with E-state index in [4.69, 9.17) is 4.74 Å². The molecule has 0 saturated carbocycles. The van der Waals surface area contributed by atoms with E-state index in [9.17, 15) is 13.2 Å². The van der Waals surface area contributed by atoms with Crippen molar-refractivity contribution in [3.8, 4) is 5.75 Å². The number of hydrogen-bond acceptors (Lipinski definition) is 6. The third-order valence-corrected chi connectivity index (χ3v) is 7.94. The van der Waals surface area contributed by atoms with Gasteiger partial charge in [0.05, 0.1) is 12.0 Å². The molecule has 1 N–H and O–H groups in total. The number of nitrogens with one attached hydrogen (secondary N) is 1. The zero-order valence-electron chi connectivity index (χ0n) is 18.0. The van der Waals surface area contributed by atoms with E-state index in [1.807, 2.05) is 4.90 Å². The van der Waals surface area contributed by atoms with Gasteiger partial charge in [-0.25, -0.2) is 8.42 Å². The Morgan fingerprint density at radius 1 is 1.20 bits per heavy atom. The highest BCUT2D eigenvalue weighted by molar-refractivity contribution is 7.89. The van der Waals surface area contributed by atoms with Crippen molar-refractivity contribution in [1.82, 2.24) is 19.4 Å². The van der Waals surface area contributed by atoms with Crippen LogP contribution in [0.2, 0.25) is 0 Å². The van der Waals surface area contributed by atoms with Crippen molar-refractivity contribution >= 4 is 15.9 Å². The summed E-state index contributed by atoms with van der Waals surface area (Å²) in [4.78, 5) is 17.0. The maximum absolute atomic E-state index is 13.4. The van der Waals surface area contributed by atoms with Crippen molar-refractivity contribution in [2.24, 2.45) is 0 Å².